The Labute approximate surface area is 195 Å². The van der Waals surface area contributed by atoms with E-state index in [-0.39, 0.29) is 24.0 Å². The number of rotatable bonds is 9. The maximum Gasteiger partial charge on any atom is 0.191 e. The first-order valence-corrected chi connectivity index (χ1v) is 9.90. The quantitative estimate of drug-likeness (QED) is 0.258. The van der Waals surface area contributed by atoms with Crippen molar-refractivity contribution in [3.63, 3.8) is 0 Å². The third kappa shape index (κ3) is 7.37. The molecule has 0 saturated heterocycles. The van der Waals surface area contributed by atoms with Gasteiger partial charge < -0.3 is 19.9 Å². The lowest BCUT2D eigenvalue weighted by atomic mass is 10.1. The van der Waals surface area contributed by atoms with Crippen molar-refractivity contribution < 1.29 is 4.74 Å². The molecule has 0 amide bonds. The Balaban J connectivity index is 0.00000320. The lowest BCUT2D eigenvalue weighted by molar-refractivity contribution is 0.414. The number of methoxy groups -OCH3 is 1. The maximum absolute atomic E-state index is 5.19. The van der Waals surface area contributed by atoms with Crippen molar-refractivity contribution in [1.29, 1.82) is 0 Å². The van der Waals surface area contributed by atoms with Gasteiger partial charge in [0, 0.05) is 45.5 Å². The summed E-state index contributed by atoms with van der Waals surface area (Å²) in [6.45, 7) is 2.42. The van der Waals surface area contributed by atoms with Crippen LogP contribution in [0, 0.1) is 0 Å². The van der Waals surface area contributed by atoms with Crippen molar-refractivity contribution in [2.75, 3.05) is 27.2 Å². The SMILES string of the molecule is CN=C(NCCc1ccc(OC)cc1)NCCc1nccn1Cc1ccccc1.I. The predicted molar refractivity (Wildman–Crippen MR) is 133 cm³/mol. The highest BCUT2D eigenvalue weighted by Gasteiger charge is 2.05. The van der Waals surface area contributed by atoms with Gasteiger partial charge in [-0.1, -0.05) is 42.5 Å². The van der Waals surface area contributed by atoms with Gasteiger partial charge in [-0.15, -0.1) is 24.0 Å². The Kier molecular flexibility index (Phi) is 10.2. The molecule has 0 aliphatic carbocycles. The van der Waals surface area contributed by atoms with Gasteiger partial charge in [0.25, 0.3) is 0 Å². The fraction of sp³-hybridized carbons (Fsp3) is 0.304. The zero-order valence-electron chi connectivity index (χ0n) is 17.5. The molecule has 2 aromatic carbocycles. The molecule has 0 atom stereocenters. The molecule has 30 heavy (non-hydrogen) atoms. The minimum absolute atomic E-state index is 0. The van der Waals surface area contributed by atoms with Crippen molar-refractivity contribution in [2.45, 2.75) is 19.4 Å². The minimum Gasteiger partial charge on any atom is -0.497 e. The predicted octanol–water partition coefficient (Wildman–Crippen LogP) is 3.51. The van der Waals surface area contributed by atoms with E-state index in [0.29, 0.717) is 0 Å². The van der Waals surface area contributed by atoms with E-state index in [4.69, 9.17) is 4.74 Å². The summed E-state index contributed by atoms with van der Waals surface area (Å²) in [5.41, 5.74) is 2.53. The van der Waals surface area contributed by atoms with E-state index in [1.165, 1.54) is 11.1 Å². The first kappa shape index (κ1) is 23.7. The minimum atomic E-state index is 0. The molecule has 6 nitrogen and oxygen atoms in total. The summed E-state index contributed by atoms with van der Waals surface area (Å²) >= 11 is 0. The van der Waals surface area contributed by atoms with Gasteiger partial charge in [-0.3, -0.25) is 4.99 Å². The molecule has 0 spiro atoms. The third-order valence-electron chi connectivity index (χ3n) is 4.73. The molecule has 0 fully saturated rings. The number of aromatic nitrogens is 2. The van der Waals surface area contributed by atoms with Crippen LogP contribution in [0.3, 0.4) is 0 Å². The largest absolute Gasteiger partial charge is 0.497 e. The van der Waals surface area contributed by atoms with Crippen molar-refractivity contribution in [1.82, 2.24) is 20.2 Å². The van der Waals surface area contributed by atoms with Crippen molar-refractivity contribution in [2.24, 2.45) is 4.99 Å². The van der Waals surface area contributed by atoms with Crippen LogP contribution in [-0.4, -0.2) is 42.8 Å². The number of guanidine groups is 1. The standard InChI is InChI=1S/C23H29N5O.HI/c1-24-23(26-14-12-19-8-10-21(29-2)11-9-19)27-15-13-22-25-16-17-28(22)18-20-6-4-3-5-7-20;/h3-11,16-17H,12-15,18H2,1-2H3,(H2,24,26,27);1H. The van der Waals surface area contributed by atoms with Crippen LogP contribution in [0.5, 0.6) is 5.75 Å². The second-order valence-electron chi connectivity index (χ2n) is 6.73. The number of halogens is 1. The Hall–Kier alpha value is -2.55. The molecule has 160 valence electrons. The van der Waals surface area contributed by atoms with Gasteiger partial charge in [-0.05, 0) is 29.7 Å². The van der Waals surface area contributed by atoms with E-state index in [1.54, 1.807) is 14.2 Å². The smallest absolute Gasteiger partial charge is 0.191 e. The van der Waals surface area contributed by atoms with Crippen LogP contribution in [0.4, 0.5) is 0 Å². The Bertz CT molecular complexity index is 893. The number of imidazole rings is 1. The van der Waals surface area contributed by atoms with Gasteiger partial charge in [0.2, 0.25) is 0 Å². The number of benzene rings is 2. The van der Waals surface area contributed by atoms with Crippen LogP contribution in [0.2, 0.25) is 0 Å². The van der Waals surface area contributed by atoms with E-state index in [0.717, 1.165) is 50.0 Å². The van der Waals surface area contributed by atoms with E-state index in [2.05, 4.69) is 61.6 Å². The van der Waals surface area contributed by atoms with Gasteiger partial charge in [0.05, 0.1) is 7.11 Å². The summed E-state index contributed by atoms with van der Waals surface area (Å²) in [6.07, 6.45) is 5.65. The number of hydrogen-bond acceptors (Lipinski definition) is 3. The molecule has 7 heteroatoms. The molecule has 3 rings (SSSR count). The molecule has 0 aliphatic rings. The van der Waals surface area contributed by atoms with Crippen LogP contribution < -0.4 is 15.4 Å². The van der Waals surface area contributed by atoms with E-state index in [1.807, 2.05) is 30.6 Å². The highest BCUT2D eigenvalue weighted by atomic mass is 127. The fourth-order valence-corrected chi connectivity index (χ4v) is 3.12. The summed E-state index contributed by atoms with van der Waals surface area (Å²) < 4.78 is 7.39. The molecule has 0 saturated carbocycles. The van der Waals surface area contributed by atoms with Gasteiger partial charge in [0.1, 0.15) is 11.6 Å². The van der Waals surface area contributed by atoms with Crippen LogP contribution in [0.15, 0.2) is 72.0 Å². The molecule has 2 N–H and O–H groups in total. The molecule has 0 bridgehead atoms. The van der Waals surface area contributed by atoms with Crippen molar-refractivity contribution >= 4 is 29.9 Å². The highest BCUT2D eigenvalue weighted by molar-refractivity contribution is 14.0. The first-order valence-electron chi connectivity index (χ1n) is 9.90. The van der Waals surface area contributed by atoms with Crippen LogP contribution >= 0.6 is 24.0 Å². The fourth-order valence-electron chi connectivity index (χ4n) is 3.12. The molecule has 0 aliphatic heterocycles. The summed E-state index contributed by atoms with van der Waals surface area (Å²) in [7, 11) is 3.47. The lowest BCUT2D eigenvalue weighted by Gasteiger charge is -2.13. The van der Waals surface area contributed by atoms with E-state index in [9.17, 15) is 0 Å². The zero-order chi connectivity index (χ0) is 20.3. The molecule has 0 unspecified atom stereocenters. The first-order chi connectivity index (χ1) is 14.3. The molecule has 3 aromatic rings. The second kappa shape index (κ2) is 12.9. The average Bonchev–Trinajstić information content (AvgIpc) is 3.20. The Morgan fingerprint density at radius 2 is 1.67 bits per heavy atom. The topological polar surface area (TPSA) is 63.5 Å². The molecular weight excluding hydrogens is 489 g/mol. The van der Waals surface area contributed by atoms with Gasteiger partial charge in [0.15, 0.2) is 5.96 Å². The number of ether oxygens (including phenoxy) is 1. The highest BCUT2D eigenvalue weighted by Crippen LogP contribution is 2.11. The number of aliphatic imine (C=N–C) groups is 1. The number of nitrogens with zero attached hydrogens (tertiary/aromatic N) is 3. The average molecular weight is 519 g/mol. The third-order valence-corrected chi connectivity index (χ3v) is 4.73. The normalized spacial score (nSPS) is 10.9. The Morgan fingerprint density at radius 3 is 2.33 bits per heavy atom. The molecular formula is C23H30IN5O. The summed E-state index contributed by atoms with van der Waals surface area (Å²) in [5.74, 6) is 2.75. The van der Waals surface area contributed by atoms with Gasteiger partial charge >= 0.3 is 0 Å². The summed E-state index contributed by atoms with van der Waals surface area (Å²) in [6, 6.07) is 18.6. The lowest BCUT2D eigenvalue weighted by Crippen LogP contribution is -2.39. The molecule has 0 radical (unpaired) electrons. The van der Waals surface area contributed by atoms with E-state index < -0.39 is 0 Å². The number of nitrogens with one attached hydrogen (secondary N) is 2. The monoisotopic (exact) mass is 519 g/mol. The van der Waals surface area contributed by atoms with E-state index >= 15 is 0 Å². The number of hydrogen-bond donors (Lipinski definition) is 2. The van der Waals surface area contributed by atoms with Crippen LogP contribution in [0.1, 0.15) is 17.0 Å². The van der Waals surface area contributed by atoms with Gasteiger partial charge in [-0.25, -0.2) is 4.98 Å². The second-order valence-corrected chi connectivity index (χ2v) is 6.73. The zero-order valence-corrected chi connectivity index (χ0v) is 19.9. The van der Waals surface area contributed by atoms with Crippen LogP contribution in [0.25, 0.3) is 0 Å². The maximum atomic E-state index is 5.19. The van der Waals surface area contributed by atoms with Crippen molar-refractivity contribution in [3.05, 3.63) is 83.9 Å². The van der Waals surface area contributed by atoms with Crippen LogP contribution in [-0.2, 0) is 19.4 Å². The Morgan fingerprint density at radius 1 is 0.967 bits per heavy atom. The molecule has 1 heterocycles. The summed E-state index contributed by atoms with van der Waals surface area (Å²) in [5, 5.41) is 6.73. The van der Waals surface area contributed by atoms with Gasteiger partial charge in [-0.2, -0.15) is 0 Å². The molecule has 1 aromatic heterocycles. The van der Waals surface area contributed by atoms with Crippen molar-refractivity contribution in [3.8, 4) is 5.75 Å². The summed E-state index contributed by atoms with van der Waals surface area (Å²) in [4.78, 5) is 8.81.